The topological polar surface area (TPSA) is 156 Å². The van der Waals surface area contributed by atoms with E-state index in [1.165, 1.54) is 7.11 Å². The van der Waals surface area contributed by atoms with Crippen molar-refractivity contribution in [2.45, 2.75) is 39.5 Å². The van der Waals surface area contributed by atoms with E-state index in [-0.39, 0.29) is 22.8 Å². The molecular formula is C42H46N6O6S. The van der Waals surface area contributed by atoms with Gasteiger partial charge in [-0.05, 0) is 94.8 Å². The highest BCUT2D eigenvalue weighted by Crippen LogP contribution is 2.39. The first-order valence-corrected chi connectivity index (χ1v) is 19.9. The summed E-state index contributed by atoms with van der Waals surface area (Å²) < 4.78 is 43.9. The summed E-state index contributed by atoms with van der Waals surface area (Å²) in [6, 6.07) is 22.7. The van der Waals surface area contributed by atoms with Gasteiger partial charge in [0.1, 0.15) is 18.2 Å². The lowest BCUT2D eigenvalue weighted by molar-refractivity contribution is 0.0322. The molecule has 0 radical (unpaired) electrons. The molecule has 1 aliphatic heterocycles. The molecule has 0 saturated carbocycles. The van der Waals surface area contributed by atoms with Gasteiger partial charge in [-0.1, -0.05) is 32.9 Å². The Labute approximate surface area is 322 Å². The molecule has 1 aliphatic rings. The molecule has 6 rings (SSSR count). The molecule has 1 saturated heterocycles. The highest BCUT2D eigenvalue weighted by molar-refractivity contribution is 7.92. The lowest BCUT2D eigenvalue weighted by atomic mass is 9.86. The van der Waals surface area contributed by atoms with Gasteiger partial charge in [-0.25, -0.2) is 18.4 Å². The lowest BCUT2D eigenvalue weighted by Crippen LogP contribution is -2.38. The summed E-state index contributed by atoms with van der Waals surface area (Å²) in [5, 5.41) is 13.5. The number of carbonyl (C=O) groups is 1. The summed E-state index contributed by atoms with van der Waals surface area (Å²) in [5.74, 6) is 1.09. The average molecular weight is 763 g/mol. The number of nitrogens with zero attached hydrogens (tertiary/aromatic N) is 4. The molecular weight excluding hydrogens is 717 g/mol. The molecule has 1 fully saturated rings. The van der Waals surface area contributed by atoms with E-state index in [1.807, 2.05) is 70.2 Å². The highest BCUT2D eigenvalue weighted by Gasteiger charge is 2.23. The van der Waals surface area contributed by atoms with Crippen molar-refractivity contribution in [3.05, 3.63) is 107 Å². The number of aryl methyl sites for hydroxylation is 1. The van der Waals surface area contributed by atoms with Crippen molar-refractivity contribution in [2.75, 3.05) is 62.9 Å². The molecule has 55 heavy (non-hydrogen) atoms. The average Bonchev–Trinajstić information content (AvgIpc) is 3.14. The Morgan fingerprint density at radius 2 is 1.78 bits per heavy atom. The van der Waals surface area contributed by atoms with E-state index in [4.69, 9.17) is 19.2 Å². The van der Waals surface area contributed by atoms with Crippen molar-refractivity contribution >= 4 is 38.2 Å². The van der Waals surface area contributed by atoms with E-state index in [1.54, 1.807) is 30.5 Å². The highest BCUT2D eigenvalue weighted by atomic mass is 32.2. The number of sulfonamides is 1. The second-order valence-electron chi connectivity index (χ2n) is 14.7. The van der Waals surface area contributed by atoms with Crippen molar-refractivity contribution in [3.8, 4) is 28.7 Å². The van der Waals surface area contributed by atoms with Crippen LogP contribution in [0.5, 0.6) is 11.5 Å². The van der Waals surface area contributed by atoms with Gasteiger partial charge in [0.05, 0.1) is 55.1 Å². The minimum atomic E-state index is -3.62. The monoisotopic (exact) mass is 762 g/mol. The Morgan fingerprint density at radius 1 is 1.02 bits per heavy atom. The van der Waals surface area contributed by atoms with Crippen molar-refractivity contribution in [1.29, 1.82) is 5.26 Å². The molecule has 2 heterocycles. The number of hydrogen-bond acceptors (Lipinski definition) is 10. The van der Waals surface area contributed by atoms with Gasteiger partial charge >= 0.3 is 0 Å². The van der Waals surface area contributed by atoms with Crippen LogP contribution in [-0.4, -0.2) is 82.0 Å². The zero-order chi connectivity index (χ0) is 39.3. The van der Waals surface area contributed by atoms with E-state index in [9.17, 15) is 18.5 Å². The SMILES string of the molecule is COc1c(NC(=O)c2ccc(C)c(-c3ccc4nc(Cc5cc(C#N)cc(OCCN6CCOCC6)c5)ncc4c3)c2)cc(C(C)(C)C)cc1NS(C)(=O)=O. The first-order valence-electron chi connectivity index (χ1n) is 18.0. The second kappa shape index (κ2) is 16.4. The summed E-state index contributed by atoms with van der Waals surface area (Å²) >= 11 is 0. The van der Waals surface area contributed by atoms with E-state index in [0.29, 0.717) is 41.4 Å². The number of benzene rings is 4. The molecule has 0 unspecified atom stereocenters. The first kappa shape index (κ1) is 39.2. The molecule has 1 aromatic heterocycles. The van der Waals surface area contributed by atoms with Crippen LogP contribution in [-0.2, 0) is 26.6 Å². The van der Waals surface area contributed by atoms with Crippen LogP contribution >= 0.6 is 0 Å². The predicted molar refractivity (Wildman–Crippen MR) is 215 cm³/mol. The number of nitriles is 1. The Balaban J connectivity index is 1.21. The quantitative estimate of drug-likeness (QED) is 0.140. The van der Waals surface area contributed by atoms with Gasteiger partial charge in [-0.3, -0.25) is 14.4 Å². The van der Waals surface area contributed by atoms with Crippen LogP contribution in [0.15, 0.2) is 72.9 Å². The van der Waals surface area contributed by atoms with Crippen LogP contribution in [0.4, 0.5) is 11.4 Å². The van der Waals surface area contributed by atoms with Gasteiger partial charge in [-0.2, -0.15) is 5.26 Å². The molecule has 286 valence electrons. The van der Waals surface area contributed by atoms with E-state index in [0.717, 1.165) is 77.8 Å². The zero-order valence-electron chi connectivity index (χ0n) is 32.0. The lowest BCUT2D eigenvalue weighted by Gasteiger charge is -2.26. The summed E-state index contributed by atoms with van der Waals surface area (Å²) in [6.07, 6.45) is 3.29. The molecule has 12 nitrogen and oxygen atoms in total. The van der Waals surface area contributed by atoms with Crippen molar-refractivity contribution in [3.63, 3.8) is 0 Å². The minimum Gasteiger partial charge on any atom is -0.492 e. The van der Waals surface area contributed by atoms with Crippen molar-refractivity contribution in [2.24, 2.45) is 0 Å². The van der Waals surface area contributed by atoms with Crippen molar-refractivity contribution in [1.82, 2.24) is 14.9 Å². The molecule has 1 amide bonds. The Kier molecular flexibility index (Phi) is 11.7. The third kappa shape index (κ3) is 9.96. The van der Waals surface area contributed by atoms with Crippen molar-refractivity contribution < 1.29 is 27.4 Å². The summed E-state index contributed by atoms with van der Waals surface area (Å²) in [6.45, 7) is 12.5. The largest absolute Gasteiger partial charge is 0.492 e. The predicted octanol–water partition coefficient (Wildman–Crippen LogP) is 6.71. The van der Waals surface area contributed by atoms with Crippen LogP contribution in [0.1, 0.15) is 59.2 Å². The molecule has 0 aliphatic carbocycles. The summed E-state index contributed by atoms with van der Waals surface area (Å²) in [4.78, 5) is 25.5. The number of nitrogens with one attached hydrogen (secondary N) is 2. The first-order chi connectivity index (χ1) is 26.2. The van der Waals surface area contributed by atoms with Crippen LogP contribution in [0, 0.1) is 18.3 Å². The summed E-state index contributed by atoms with van der Waals surface area (Å²) in [5.41, 5.74) is 6.36. The molecule has 5 aromatic rings. The number of hydrogen-bond donors (Lipinski definition) is 2. The summed E-state index contributed by atoms with van der Waals surface area (Å²) in [7, 11) is -2.20. The fourth-order valence-electron chi connectivity index (χ4n) is 6.45. The maximum atomic E-state index is 13.8. The second-order valence-corrected chi connectivity index (χ2v) is 16.5. The standard InChI is InChI=1S/C42H46N6O6S/c1-27-7-8-31(41(49)46-37-23-33(42(2,3)4)24-38(40(37)52-5)47-55(6,50)51)22-35(27)30-9-10-36-32(21-30)26-44-39(45-36)20-28-17-29(25-43)19-34(18-28)54-16-13-48-11-14-53-15-12-48/h7-10,17-19,21-24,26,47H,11-16,20H2,1-6H3,(H,46,49). The molecule has 0 spiro atoms. The molecule has 0 atom stereocenters. The van der Waals surface area contributed by atoms with E-state index < -0.39 is 10.0 Å². The molecule has 13 heteroatoms. The molecule has 2 N–H and O–H groups in total. The maximum absolute atomic E-state index is 13.8. The number of ether oxygens (including phenoxy) is 3. The van der Waals surface area contributed by atoms with Crippen LogP contribution in [0.3, 0.4) is 0 Å². The van der Waals surface area contributed by atoms with Crippen LogP contribution in [0.25, 0.3) is 22.0 Å². The third-order valence-electron chi connectivity index (χ3n) is 9.38. The van der Waals surface area contributed by atoms with Gasteiger partial charge in [0.2, 0.25) is 10.0 Å². The van der Waals surface area contributed by atoms with E-state index in [2.05, 4.69) is 26.0 Å². The number of methoxy groups -OCH3 is 1. The Hall–Kier alpha value is -5.55. The van der Waals surface area contributed by atoms with Gasteiger partial charge in [0.25, 0.3) is 5.91 Å². The Morgan fingerprint density at radius 3 is 2.49 bits per heavy atom. The zero-order valence-corrected chi connectivity index (χ0v) is 32.8. The minimum absolute atomic E-state index is 0.207. The number of aromatic nitrogens is 2. The maximum Gasteiger partial charge on any atom is 0.255 e. The normalized spacial score (nSPS) is 13.6. The van der Waals surface area contributed by atoms with Crippen LogP contribution < -0.4 is 19.5 Å². The number of morpholine rings is 1. The van der Waals surface area contributed by atoms with E-state index >= 15 is 0 Å². The van der Waals surface area contributed by atoms with Gasteiger partial charge in [0.15, 0.2) is 5.75 Å². The smallest absolute Gasteiger partial charge is 0.255 e. The molecule has 4 aromatic carbocycles. The number of carbonyl (C=O) groups excluding carboxylic acids is 1. The third-order valence-corrected chi connectivity index (χ3v) is 9.97. The number of anilines is 2. The fraction of sp³-hybridized carbons (Fsp3) is 0.333. The van der Waals surface area contributed by atoms with Gasteiger partial charge in [0, 0.05) is 43.2 Å². The number of fused-ring (bicyclic) bond motifs is 1. The molecule has 0 bridgehead atoms. The fourth-order valence-corrected chi connectivity index (χ4v) is 7.01. The van der Waals surface area contributed by atoms with Gasteiger partial charge in [-0.15, -0.1) is 0 Å². The van der Waals surface area contributed by atoms with Crippen LogP contribution in [0.2, 0.25) is 0 Å². The number of amides is 1. The number of rotatable bonds is 12. The van der Waals surface area contributed by atoms with Gasteiger partial charge < -0.3 is 19.5 Å². The Bertz CT molecular complexity index is 2380.